The van der Waals surface area contributed by atoms with E-state index in [-0.39, 0.29) is 17.9 Å². The van der Waals surface area contributed by atoms with Gasteiger partial charge in [-0.05, 0) is 74.9 Å². The maximum Gasteiger partial charge on any atom is 0.321 e. The number of fused-ring (bicyclic) bond motifs is 1. The zero-order chi connectivity index (χ0) is 27.3. The Hall–Kier alpha value is -3.88. The van der Waals surface area contributed by atoms with Gasteiger partial charge < -0.3 is 24.8 Å². The molecule has 0 aliphatic carbocycles. The summed E-state index contributed by atoms with van der Waals surface area (Å²) in [6, 6.07) is 14.1. The second kappa shape index (κ2) is 12.1. The van der Waals surface area contributed by atoms with Crippen molar-refractivity contribution in [3.63, 3.8) is 0 Å². The number of nitrogens with one attached hydrogen (secondary N) is 1. The first-order chi connectivity index (χ1) is 19.6. The van der Waals surface area contributed by atoms with E-state index < -0.39 is 0 Å². The van der Waals surface area contributed by atoms with Crippen molar-refractivity contribution in [1.82, 2.24) is 19.8 Å². The molecule has 2 aromatic carbocycles. The molecule has 0 saturated carbocycles. The van der Waals surface area contributed by atoms with Crippen LogP contribution in [0, 0.1) is 0 Å². The number of carbonyl (C=O) groups excluding carboxylic acids is 2. The standard InChI is InChI=1S/C31H38N6O3/c38-29-5-4-16-36(29)19-20-40-26-10-11-27-28(21-26)32-22-33-30(27)23-12-17-37(18-13-23)31(39)34-24-6-8-25(9-7-24)35-14-2-1-3-15-35/h6-11,21-23H,1-5,12-20H2,(H,34,39). The Morgan fingerprint density at radius 3 is 2.48 bits per heavy atom. The van der Waals surface area contributed by atoms with E-state index in [4.69, 9.17) is 4.74 Å². The van der Waals surface area contributed by atoms with E-state index in [2.05, 4.69) is 32.3 Å². The molecule has 3 saturated heterocycles. The number of urea groups is 1. The highest BCUT2D eigenvalue weighted by atomic mass is 16.5. The maximum atomic E-state index is 13.0. The summed E-state index contributed by atoms with van der Waals surface area (Å²) in [5, 5.41) is 4.11. The lowest BCUT2D eigenvalue weighted by molar-refractivity contribution is -0.128. The van der Waals surface area contributed by atoms with E-state index >= 15 is 0 Å². The van der Waals surface area contributed by atoms with E-state index in [1.165, 1.54) is 24.9 Å². The fourth-order valence-corrected chi connectivity index (χ4v) is 6.15. The van der Waals surface area contributed by atoms with Gasteiger partial charge in [0.15, 0.2) is 0 Å². The number of benzene rings is 2. The Kier molecular flexibility index (Phi) is 7.97. The molecule has 9 nitrogen and oxygen atoms in total. The molecule has 3 aliphatic heterocycles. The van der Waals surface area contributed by atoms with Crippen LogP contribution in [0.1, 0.15) is 56.6 Å². The van der Waals surface area contributed by atoms with Crippen molar-refractivity contribution in [1.29, 1.82) is 0 Å². The van der Waals surface area contributed by atoms with E-state index in [1.54, 1.807) is 6.33 Å². The van der Waals surface area contributed by atoms with Gasteiger partial charge in [0, 0.05) is 67.9 Å². The summed E-state index contributed by atoms with van der Waals surface area (Å²) in [6.45, 7) is 5.50. The number of amides is 3. The van der Waals surface area contributed by atoms with Crippen LogP contribution in [0.5, 0.6) is 5.75 Å². The van der Waals surface area contributed by atoms with Crippen molar-refractivity contribution in [2.75, 3.05) is 56.1 Å². The number of anilines is 2. The minimum Gasteiger partial charge on any atom is -0.492 e. The molecule has 0 atom stereocenters. The molecule has 0 bridgehead atoms. The van der Waals surface area contributed by atoms with Crippen LogP contribution in [-0.2, 0) is 4.79 Å². The van der Waals surface area contributed by atoms with Crippen molar-refractivity contribution in [2.45, 2.75) is 50.9 Å². The fraction of sp³-hybridized carbons (Fsp3) is 0.484. The SMILES string of the molecule is O=C1CCCN1CCOc1ccc2c(C3CCN(C(=O)Nc4ccc(N5CCCCC5)cc4)CC3)ncnc2c1. The molecule has 1 aromatic heterocycles. The van der Waals surface area contributed by atoms with Gasteiger partial charge in [-0.15, -0.1) is 0 Å². The highest BCUT2D eigenvalue weighted by Gasteiger charge is 2.26. The predicted molar refractivity (Wildman–Crippen MR) is 156 cm³/mol. The second-order valence-corrected chi connectivity index (χ2v) is 11.1. The summed E-state index contributed by atoms with van der Waals surface area (Å²) in [5.74, 6) is 1.23. The van der Waals surface area contributed by atoms with Crippen LogP contribution in [0.2, 0.25) is 0 Å². The number of piperidine rings is 2. The molecule has 3 fully saturated rings. The summed E-state index contributed by atoms with van der Waals surface area (Å²) in [7, 11) is 0. The van der Waals surface area contributed by atoms with Crippen LogP contribution in [0.25, 0.3) is 10.9 Å². The molecular formula is C31H38N6O3. The first kappa shape index (κ1) is 26.3. The number of hydrogen-bond donors (Lipinski definition) is 1. The first-order valence-corrected chi connectivity index (χ1v) is 14.7. The van der Waals surface area contributed by atoms with Crippen molar-refractivity contribution in [3.8, 4) is 5.75 Å². The third kappa shape index (κ3) is 5.98. The van der Waals surface area contributed by atoms with Crippen molar-refractivity contribution < 1.29 is 14.3 Å². The van der Waals surface area contributed by atoms with Gasteiger partial charge in [0.1, 0.15) is 18.7 Å². The summed E-state index contributed by atoms with van der Waals surface area (Å²) in [5.41, 5.74) is 3.95. The lowest BCUT2D eigenvalue weighted by Gasteiger charge is -2.32. The molecule has 0 radical (unpaired) electrons. The molecule has 0 spiro atoms. The zero-order valence-electron chi connectivity index (χ0n) is 23.1. The number of hydrogen-bond acceptors (Lipinski definition) is 6. The van der Waals surface area contributed by atoms with Crippen molar-refractivity contribution in [3.05, 3.63) is 54.5 Å². The minimum atomic E-state index is -0.0471. The molecule has 6 rings (SSSR count). The highest BCUT2D eigenvalue weighted by Crippen LogP contribution is 2.32. The maximum absolute atomic E-state index is 13.0. The number of ether oxygens (including phenoxy) is 1. The molecule has 3 aliphatic rings. The summed E-state index contributed by atoms with van der Waals surface area (Å²) >= 11 is 0. The van der Waals surface area contributed by atoms with Crippen LogP contribution >= 0.6 is 0 Å². The third-order valence-corrected chi connectivity index (χ3v) is 8.45. The highest BCUT2D eigenvalue weighted by molar-refractivity contribution is 5.89. The number of rotatable bonds is 7. The average Bonchev–Trinajstić information content (AvgIpc) is 3.42. The van der Waals surface area contributed by atoms with Gasteiger partial charge in [-0.2, -0.15) is 0 Å². The van der Waals surface area contributed by atoms with Crippen LogP contribution in [0.4, 0.5) is 16.2 Å². The largest absolute Gasteiger partial charge is 0.492 e. The number of nitrogens with zero attached hydrogens (tertiary/aromatic N) is 5. The Balaban J connectivity index is 1.02. The Bertz CT molecular complexity index is 1330. The first-order valence-electron chi connectivity index (χ1n) is 14.7. The molecule has 1 N–H and O–H groups in total. The van der Waals surface area contributed by atoms with Crippen molar-refractivity contribution in [2.24, 2.45) is 0 Å². The lowest BCUT2D eigenvalue weighted by atomic mass is 9.91. The van der Waals surface area contributed by atoms with E-state index in [0.717, 1.165) is 66.9 Å². The smallest absolute Gasteiger partial charge is 0.321 e. The molecule has 3 amide bonds. The normalized spacial score (nSPS) is 18.4. The molecule has 40 heavy (non-hydrogen) atoms. The zero-order valence-corrected chi connectivity index (χ0v) is 23.1. The van der Waals surface area contributed by atoms with Gasteiger partial charge in [-0.3, -0.25) is 4.79 Å². The second-order valence-electron chi connectivity index (χ2n) is 11.1. The summed E-state index contributed by atoms with van der Waals surface area (Å²) in [4.78, 5) is 40.1. The monoisotopic (exact) mass is 542 g/mol. The van der Waals surface area contributed by atoms with Gasteiger partial charge >= 0.3 is 6.03 Å². The number of likely N-dealkylation sites (tertiary alicyclic amines) is 2. The fourth-order valence-electron chi connectivity index (χ4n) is 6.15. The van der Waals surface area contributed by atoms with Gasteiger partial charge in [0.05, 0.1) is 17.8 Å². The third-order valence-electron chi connectivity index (χ3n) is 8.45. The topological polar surface area (TPSA) is 90.9 Å². The van der Waals surface area contributed by atoms with Crippen LogP contribution in [0.15, 0.2) is 48.8 Å². The van der Waals surface area contributed by atoms with Crippen LogP contribution < -0.4 is 15.0 Å². The number of carbonyl (C=O) groups is 2. The molecular weight excluding hydrogens is 504 g/mol. The lowest BCUT2D eigenvalue weighted by Crippen LogP contribution is -2.40. The molecule has 0 unspecified atom stereocenters. The molecule has 4 heterocycles. The Morgan fingerprint density at radius 2 is 1.73 bits per heavy atom. The van der Waals surface area contributed by atoms with E-state index in [1.807, 2.05) is 40.1 Å². The quantitative estimate of drug-likeness (QED) is 0.450. The van der Waals surface area contributed by atoms with Gasteiger partial charge in [0.25, 0.3) is 0 Å². The van der Waals surface area contributed by atoms with Gasteiger partial charge in [0.2, 0.25) is 5.91 Å². The molecule has 210 valence electrons. The van der Waals surface area contributed by atoms with E-state index in [0.29, 0.717) is 32.7 Å². The molecule has 9 heteroatoms. The average molecular weight is 543 g/mol. The Morgan fingerprint density at radius 1 is 0.925 bits per heavy atom. The molecule has 3 aromatic rings. The number of aromatic nitrogens is 2. The van der Waals surface area contributed by atoms with E-state index in [9.17, 15) is 9.59 Å². The summed E-state index contributed by atoms with van der Waals surface area (Å²) in [6.07, 6.45) is 8.73. The van der Waals surface area contributed by atoms with Gasteiger partial charge in [-0.25, -0.2) is 14.8 Å². The summed E-state index contributed by atoms with van der Waals surface area (Å²) < 4.78 is 5.93. The van der Waals surface area contributed by atoms with Crippen LogP contribution in [0.3, 0.4) is 0 Å². The van der Waals surface area contributed by atoms with Crippen molar-refractivity contribution >= 4 is 34.2 Å². The predicted octanol–water partition coefficient (Wildman–Crippen LogP) is 5.03. The van der Waals surface area contributed by atoms with Crippen LogP contribution in [-0.4, -0.2) is 77.6 Å². The Labute approximate surface area is 235 Å². The minimum absolute atomic E-state index is 0.0471. The van der Waals surface area contributed by atoms with Gasteiger partial charge in [-0.1, -0.05) is 0 Å².